The molecule has 0 aromatic heterocycles. The third-order valence-corrected chi connectivity index (χ3v) is 1.36. The third kappa shape index (κ3) is 3.23. The van der Waals surface area contributed by atoms with E-state index in [2.05, 4.69) is 0 Å². The Morgan fingerprint density at radius 3 is 2.17 bits per heavy atom. The predicted octanol–water partition coefficient (Wildman–Crippen LogP) is 0.489. The first-order valence-corrected chi connectivity index (χ1v) is 3.74. The molecule has 0 aliphatic heterocycles. The van der Waals surface area contributed by atoms with E-state index in [0.29, 0.717) is 0 Å². The van der Waals surface area contributed by atoms with Crippen molar-refractivity contribution in [3.63, 3.8) is 0 Å². The molecule has 0 spiro atoms. The smallest absolute Gasteiger partial charge is 0.242 e. The van der Waals surface area contributed by atoms with Crippen molar-refractivity contribution in [2.75, 3.05) is 13.1 Å². The first kappa shape index (κ1) is 10.7. The third-order valence-electron chi connectivity index (χ3n) is 1.18. The van der Waals surface area contributed by atoms with Gasteiger partial charge in [0.25, 0.3) is 0 Å². The molecular weight excluding hydrogens is 178 g/mol. The molecule has 0 rings (SSSR count). The van der Waals surface area contributed by atoms with Gasteiger partial charge in [0, 0.05) is 0 Å². The summed E-state index contributed by atoms with van der Waals surface area (Å²) in [7, 11) is 0. The van der Waals surface area contributed by atoms with Crippen LogP contribution in [0.25, 0.3) is 0 Å². The number of rotatable bonds is 3. The summed E-state index contributed by atoms with van der Waals surface area (Å²) in [6.07, 6.45) is 0. The molecular formula is C7H8ClN3O. The molecule has 0 aromatic carbocycles. The first-order valence-electron chi connectivity index (χ1n) is 3.30. The largest absolute Gasteiger partial charge is 0.315 e. The van der Waals surface area contributed by atoms with Crippen molar-refractivity contribution in [3.05, 3.63) is 0 Å². The molecule has 4 nitrogen and oxygen atoms in total. The van der Waals surface area contributed by atoms with Gasteiger partial charge in [-0.1, -0.05) is 0 Å². The van der Waals surface area contributed by atoms with Crippen LogP contribution in [0, 0.1) is 22.7 Å². The summed E-state index contributed by atoms with van der Waals surface area (Å²) >= 11 is 5.48. The molecule has 1 amide bonds. The van der Waals surface area contributed by atoms with Crippen LogP contribution in [-0.2, 0) is 4.79 Å². The van der Waals surface area contributed by atoms with E-state index < -0.39 is 5.38 Å². The average Bonchev–Trinajstić information content (AvgIpc) is 2.03. The highest BCUT2D eigenvalue weighted by Crippen LogP contribution is 2.00. The second kappa shape index (κ2) is 5.40. The summed E-state index contributed by atoms with van der Waals surface area (Å²) in [5, 5.41) is 15.9. The molecule has 1 atom stereocenters. The van der Waals surface area contributed by atoms with Crippen LogP contribution in [0.5, 0.6) is 0 Å². The monoisotopic (exact) mass is 185 g/mol. The molecule has 64 valence electrons. The second-order valence-corrected chi connectivity index (χ2v) is 2.78. The maximum atomic E-state index is 11.1. The lowest BCUT2D eigenvalue weighted by atomic mass is 10.4. The SMILES string of the molecule is CC(Cl)C(=O)N(CC#N)CC#N. The van der Waals surface area contributed by atoms with Crippen LogP contribution in [0.15, 0.2) is 0 Å². The number of halogens is 1. The zero-order chi connectivity index (χ0) is 9.56. The van der Waals surface area contributed by atoms with E-state index in [1.54, 1.807) is 12.1 Å². The van der Waals surface area contributed by atoms with Crippen molar-refractivity contribution in [1.82, 2.24) is 4.90 Å². The Labute approximate surface area is 75.9 Å². The molecule has 12 heavy (non-hydrogen) atoms. The first-order chi connectivity index (χ1) is 5.63. The van der Waals surface area contributed by atoms with Crippen molar-refractivity contribution in [3.8, 4) is 12.1 Å². The van der Waals surface area contributed by atoms with Crippen LogP contribution in [0.1, 0.15) is 6.92 Å². The van der Waals surface area contributed by atoms with Gasteiger partial charge in [0.2, 0.25) is 5.91 Å². The van der Waals surface area contributed by atoms with Crippen molar-refractivity contribution >= 4 is 17.5 Å². The maximum absolute atomic E-state index is 11.1. The number of hydrogen-bond donors (Lipinski definition) is 0. The van der Waals surface area contributed by atoms with E-state index in [0.717, 1.165) is 4.90 Å². The van der Waals surface area contributed by atoms with Gasteiger partial charge in [-0.2, -0.15) is 10.5 Å². The lowest BCUT2D eigenvalue weighted by Gasteiger charge is -2.16. The van der Waals surface area contributed by atoms with Crippen LogP contribution in [-0.4, -0.2) is 29.3 Å². The molecule has 0 aromatic rings. The summed E-state index contributed by atoms with van der Waals surface area (Å²) in [6, 6.07) is 3.57. The van der Waals surface area contributed by atoms with Crippen LogP contribution < -0.4 is 0 Å². The number of hydrogen-bond acceptors (Lipinski definition) is 3. The zero-order valence-electron chi connectivity index (χ0n) is 6.62. The second-order valence-electron chi connectivity index (χ2n) is 2.13. The number of carbonyl (C=O) groups excluding carboxylic acids is 1. The van der Waals surface area contributed by atoms with E-state index in [4.69, 9.17) is 22.1 Å². The molecule has 0 heterocycles. The predicted molar refractivity (Wildman–Crippen MR) is 43.1 cm³/mol. The Bertz CT molecular complexity index is 222. The lowest BCUT2D eigenvalue weighted by molar-refractivity contribution is -0.129. The summed E-state index contributed by atoms with van der Waals surface area (Å²) < 4.78 is 0. The summed E-state index contributed by atoms with van der Waals surface area (Å²) in [4.78, 5) is 12.2. The van der Waals surface area contributed by atoms with Gasteiger partial charge < -0.3 is 4.90 Å². The number of nitrogens with zero attached hydrogens (tertiary/aromatic N) is 3. The molecule has 0 saturated carbocycles. The van der Waals surface area contributed by atoms with Crippen molar-refractivity contribution in [1.29, 1.82) is 10.5 Å². The van der Waals surface area contributed by atoms with Gasteiger partial charge in [-0.3, -0.25) is 4.79 Å². The lowest BCUT2D eigenvalue weighted by Crippen LogP contribution is -2.36. The summed E-state index contributed by atoms with van der Waals surface area (Å²) in [5.41, 5.74) is 0. The molecule has 0 fully saturated rings. The quantitative estimate of drug-likeness (QED) is 0.475. The highest BCUT2D eigenvalue weighted by Gasteiger charge is 2.17. The van der Waals surface area contributed by atoms with Gasteiger partial charge in [-0.25, -0.2) is 0 Å². The summed E-state index contributed by atoms with van der Waals surface area (Å²) in [6.45, 7) is 1.32. The minimum absolute atomic E-state index is 0.0938. The van der Waals surface area contributed by atoms with Gasteiger partial charge in [0.15, 0.2) is 0 Å². The van der Waals surface area contributed by atoms with Crippen LogP contribution in [0.3, 0.4) is 0 Å². The van der Waals surface area contributed by atoms with E-state index >= 15 is 0 Å². The molecule has 0 bridgehead atoms. The molecule has 5 heteroatoms. The Balaban J connectivity index is 4.23. The normalized spacial score (nSPS) is 11.0. The average molecular weight is 186 g/mol. The molecule has 0 saturated heterocycles. The van der Waals surface area contributed by atoms with E-state index in [-0.39, 0.29) is 19.0 Å². The zero-order valence-corrected chi connectivity index (χ0v) is 7.38. The number of carbonyl (C=O) groups is 1. The van der Waals surface area contributed by atoms with E-state index in [1.165, 1.54) is 6.92 Å². The number of amides is 1. The fourth-order valence-corrected chi connectivity index (χ4v) is 0.772. The number of nitriles is 2. The topological polar surface area (TPSA) is 67.9 Å². The molecule has 1 unspecified atom stereocenters. The van der Waals surface area contributed by atoms with E-state index in [9.17, 15) is 4.79 Å². The summed E-state index contributed by atoms with van der Waals surface area (Å²) in [5.74, 6) is -0.389. The van der Waals surface area contributed by atoms with Crippen LogP contribution >= 0.6 is 11.6 Å². The molecule has 0 aliphatic rings. The Hall–Kier alpha value is -1.26. The highest BCUT2D eigenvalue weighted by molar-refractivity contribution is 6.30. The van der Waals surface area contributed by atoms with Gasteiger partial charge in [0.1, 0.15) is 18.5 Å². The minimum atomic E-state index is -0.688. The van der Waals surface area contributed by atoms with E-state index in [1.807, 2.05) is 0 Å². The molecule has 0 radical (unpaired) electrons. The van der Waals surface area contributed by atoms with Crippen molar-refractivity contribution in [2.24, 2.45) is 0 Å². The number of alkyl halides is 1. The standard InChI is InChI=1S/C7H8ClN3O/c1-6(8)7(12)11(4-2-9)5-3-10/h6H,4-5H2,1H3. The van der Waals surface area contributed by atoms with Crippen molar-refractivity contribution in [2.45, 2.75) is 12.3 Å². The highest BCUT2D eigenvalue weighted by atomic mass is 35.5. The fraction of sp³-hybridized carbons (Fsp3) is 0.571. The van der Waals surface area contributed by atoms with Gasteiger partial charge >= 0.3 is 0 Å². The van der Waals surface area contributed by atoms with Crippen molar-refractivity contribution < 1.29 is 4.79 Å². The minimum Gasteiger partial charge on any atom is -0.315 e. The van der Waals surface area contributed by atoms with Gasteiger partial charge in [0.05, 0.1) is 12.1 Å². The van der Waals surface area contributed by atoms with Gasteiger partial charge in [-0.15, -0.1) is 11.6 Å². The Kier molecular flexibility index (Phi) is 4.83. The molecule has 0 aliphatic carbocycles. The fourth-order valence-electron chi connectivity index (χ4n) is 0.634. The van der Waals surface area contributed by atoms with Gasteiger partial charge in [-0.05, 0) is 6.92 Å². The Morgan fingerprint density at radius 2 is 1.92 bits per heavy atom. The maximum Gasteiger partial charge on any atom is 0.242 e. The van der Waals surface area contributed by atoms with Crippen LogP contribution in [0.4, 0.5) is 0 Å². The molecule has 0 N–H and O–H groups in total. The van der Waals surface area contributed by atoms with Crippen LogP contribution in [0.2, 0.25) is 0 Å². The Morgan fingerprint density at radius 1 is 1.50 bits per heavy atom.